The quantitative estimate of drug-likeness (QED) is 0.561. The zero-order chi connectivity index (χ0) is 20.8. The van der Waals surface area contributed by atoms with Gasteiger partial charge in [0, 0.05) is 40.5 Å². The number of carbonyl (C=O) groups excluding carboxylic acids is 1. The molecule has 0 aliphatic carbocycles. The lowest BCUT2D eigenvalue weighted by Crippen LogP contribution is -2.28. The number of hydrogen-bond acceptors (Lipinski definition) is 3. The minimum Gasteiger partial charge on any atom is -0.349 e. The van der Waals surface area contributed by atoms with E-state index < -0.39 is 0 Å². The summed E-state index contributed by atoms with van der Waals surface area (Å²) in [5, 5.41) is 8.97. The molecule has 0 radical (unpaired) electrons. The summed E-state index contributed by atoms with van der Waals surface area (Å²) >= 11 is 12.3. The van der Waals surface area contributed by atoms with Crippen LogP contribution in [0.25, 0.3) is 0 Å². The van der Waals surface area contributed by atoms with Gasteiger partial charge in [-0.2, -0.15) is 5.10 Å². The summed E-state index contributed by atoms with van der Waals surface area (Å²) in [5.41, 5.74) is 4.93. The molecule has 2 heterocycles. The summed E-state index contributed by atoms with van der Waals surface area (Å²) in [6.45, 7) is 5.30. The molecule has 3 rings (SSSR count). The number of halogens is 2. The molecule has 0 saturated carbocycles. The minimum absolute atomic E-state index is 0.180. The molecule has 1 N–H and O–H groups in total. The van der Waals surface area contributed by atoms with Crippen LogP contribution in [0, 0.1) is 0 Å². The van der Waals surface area contributed by atoms with Gasteiger partial charge in [-0.3, -0.25) is 14.5 Å². The largest absolute Gasteiger partial charge is 0.349 e. The van der Waals surface area contributed by atoms with Gasteiger partial charge in [-0.05, 0) is 48.7 Å². The Balaban J connectivity index is 1.75. The van der Waals surface area contributed by atoms with Gasteiger partial charge in [-0.1, -0.05) is 43.1 Å². The van der Waals surface area contributed by atoms with E-state index in [9.17, 15) is 4.79 Å². The smallest absolute Gasteiger partial charge is 0.269 e. The third-order valence-electron chi connectivity index (χ3n) is 4.73. The second kappa shape index (κ2) is 9.90. The summed E-state index contributed by atoms with van der Waals surface area (Å²) in [6, 6.07) is 10.9. The van der Waals surface area contributed by atoms with Gasteiger partial charge in [0.25, 0.3) is 5.91 Å². The van der Waals surface area contributed by atoms with Crippen LogP contribution in [-0.2, 0) is 25.8 Å². The Bertz CT molecular complexity index is 966. The second-order valence-electron chi connectivity index (χ2n) is 6.73. The summed E-state index contributed by atoms with van der Waals surface area (Å²) in [7, 11) is 0. The Morgan fingerprint density at radius 3 is 2.48 bits per heavy atom. The van der Waals surface area contributed by atoms with E-state index in [-0.39, 0.29) is 5.91 Å². The summed E-state index contributed by atoms with van der Waals surface area (Å²) in [5.74, 6) is -0.180. The number of benzene rings is 1. The van der Waals surface area contributed by atoms with Crippen LogP contribution in [0.15, 0.2) is 42.6 Å². The molecule has 0 bridgehead atoms. The SMILES string of the molecule is CCc1nn(CCNC(=O)c2ccccn2)c(CC)c1Cc1cc(Cl)cc(Cl)c1. The Morgan fingerprint density at radius 2 is 1.86 bits per heavy atom. The maximum atomic E-state index is 12.2. The first kappa shape index (κ1) is 21.3. The summed E-state index contributed by atoms with van der Waals surface area (Å²) in [6.07, 6.45) is 4.03. The Labute approximate surface area is 181 Å². The highest BCUT2D eigenvalue weighted by Crippen LogP contribution is 2.25. The predicted octanol–water partition coefficient (Wildman–Crippen LogP) is 4.73. The van der Waals surface area contributed by atoms with E-state index in [2.05, 4.69) is 24.1 Å². The number of aryl methyl sites for hydroxylation is 1. The maximum Gasteiger partial charge on any atom is 0.269 e. The molecule has 0 aliphatic rings. The molecule has 1 amide bonds. The van der Waals surface area contributed by atoms with Crippen LogP contribution in [-0.4, -0.2) is 27.2 Å². The van der Waals surface area contributed by atoms with Crippen molar-refractivity contribution >= 4 is 29.1 Å². The molecule has 2 aromatic heterocycles. The van der Waals surface area contributed by atoms with Gasteiger partial charge in [-0.25, -0.2) is 0 Å². The van der Waals surface area contributed by atoms with Crippen LogP contribution in [0.3, 0.4) is 0 Å². The van der Waals surface area contributed by atoms with Crippen LogP contribution in [0.5, 0.6) is 0 Å². The first-order valence-corrected chi connectivity index (χ1v) is 10.5. The third kappa shape index (κ3) is 5.37. The van der Waals surface area contributed by atoms with E-state index in [0.717, 1.165) is 30.5 Å². The van der Waals surface area contributed by atoms with E-state index >= 15 is 0 Å². The number of rotatable bonds is 8. The molecule has 1 aromatic carbocycles. The molecule has 29 heavy (non-hydrogen) atoms. The van der Waals surface area contributed by atoms with Gasteiger partial charge in [0.05, 0.1) is 12.2 Å². The van der Waals surface area contributed by atoms with Crippen molar-refractivity contribution in [1.82, 2.24) is 20.1 Å². The molecule has 0 fully saturated rings. The topological polar surface area (TPSA) is 59.8 Å². The molecular weight excluding hydrogens is 407 g/mol. The van der Waals surface area contributed by atoms with Crippen molar-refractivity contribution in [3.05, 3.63) is 80.8 Å². The van der Waals surface area contributed by atoms with E-state index in [0.29, 0.717) is 28.8 Å². The minimum atomic E-state index is -0.180. The van der Waals surface area contributed by atoms with Crippen molar-refractivity contribution < 1.29 is 4.79 Å². The normalized spacial score (nSPS) is 10.9. The van der Waals surface area contributed by atoms with Gasteiger partial charge >= 0.3 is 0 Å². The standard InChI is InChI=1S/C22H24Cl2N4O/c1-3-19-18(13-15-11-16(23)14-17(24)12-15)21(4-2)28(27-19)10-9-26-22(29)20-7-5-6-8-25-20/h5-8,11-12,14H,3-4,9-10,13H2,1-2H3,(H,26,29). The number of nitrogens with one attached hydrogen (secondary N) is 1. The van der Waals surface area contributed by atoms with Crippen molar-refractivity contribution in [3.63, 3.8) is 0 Å². The second-order valence-corrected chi connectivity index (χ2v) is 7.60. The number of nitrogens with zero attached hydrogens (tertiary/aromatic N) is 3. The van der Waals surface area contributed by atoms with E-state index in [1.807, 2.05) is 16.8 Å². The molecule has 0 unspecified atom stereocenters. The monoisotopic (exact) mass is 430 g/mol. The van der Waals surface area contributed by atoms with Crippen LogP contribution in [0.4, 0.5) is 0 Å². The summed E-state index contributed by atoms with van der Waals surface area (Å²) < 4.78 is 2.00. The lowest BCUT2D eigenvalue weighted by molar-refractivity contribution is 0.0947. The molecular formula is C22H24Cl2N4O. The first-order chi connectivity index (χ1) is 14.0. The lowest BCUT2D eigenvalue weighted by atomic mass is 10.0. The molecule has 7 heteroatoms. The number of aromatic nitrogens is 3. The third-order valence-corrected chi connectivity index (χ3v) is 5.17. The molecule has 0 spiro atoms. The molecule has 3 aromatic rings. The highest BCUT2D eigenvalue weighted by molar-refractivity contribution is 6.34. The number of amides is 1. The molecule has 0 atom stereocenters. The van der Waals surface area contributed by atoms with Gasteiger partial charge in [-0.15, -0.1) is 0 Å². The fourth-order valence-electron chi connectivity index (χ4n) is 3.44. The number of pyridine rings is 1. The highest BCUT2D eigenvalue weighted by atomic mass is 35.5. The van der Waals surface area contributed by atoms with E-state index in [4.69, 9.17) is 28.3 Å². The first-order valence-electron chi connectivity index (χ1n) is 9.73. The fraction of sp³-hybridized carbons (Fsp3) is 0.318. The van der Waals surface area contributed by atoms with Crippen molar-refractivity contribution in [2.24, 2.45) is 0 Å². The van der Waals surface area contributed by atoms with Crippen LogP contribution in [0.1, 0.15) is 46.9 Å². The average molecular weight is 431 g/mol. The van der Waals surface area contributed by atoms with Gasteiger partial charge in [0.15, 0.2) is 0 Å². The summed E-state index contributed by atoms with van der Waals surface area (Å²) in [4.78, 5) is 16.3. The maximum absolute atomic E-state index is 12.2. The number of carbonyl (C=O) groups is 1. The molecule has 0 saturated heterocycles. The molecule has 5 nitrogen and oxygen atoms in total. The van der Waals surface area contributed by atoms with E-state index in [1.54, 1.807) is 30.5 Å². The predicted molar refractivity (Wildman–Crippen MR) is 117 cm³/mol. The fourth-order valence-corrected chi connectivity index (χ4v) is 4.01. The van der Waals surface area contributed by atoms with E-state index in [1.165, 1.54) is 11.3 Å². The van der Waals surface area contributed by atoms with Gasteiger partial charge in [0.1, 0.15) is 5.69 Å². The Kier molecular flexibility index (Phi) is 7.29. The van der Waals surface area contributed by atoms with Gasteiger partial charge < -0.3 is 5.32 Å². The van der Waals surface area contributed by atoms with Crippen LogP contribution >= 0.6 is 23.2 Å². The van der Waals surface area contributed by atoms with Crippen LogP contribution < -0.4 is 5.32 Å². The van der Waals surface area contributed by atoms with Crippen molar-refractivity contribution in [3.8, 4) is 0 Å². The molecule has 0 aliphatic heterocycles. The van der Waals surface area contributed by atoms with Crippen LogP contribution in [0.2, 0.25) is 10.0 Å². The zero-order valence-electron chi connectivity index (χ0n) is 16.6. The zero-order valence-corrected chi connectivity index (χ0v) is 18.1. The Hall–Kier alpha value is -2.37. The van der Waals surface area contributed by atoms with Crippen molar-refractivity contribution in [2.45, 2.75) is 39.7 Å². The van der Waals surface area contributed by atoms with Crippen molar-refractivity contribution in [1.29, 1.82) is 0 Å². The van der Waals surface area contributed by atoms with Gasteiger partial charge in [0.2, 0.25) is 0 Å². The number of hydrogen-bond donors (Lipinski definition) is 1. The average Bonchev–Trinajstić information content (AvgIpc) is 3.04. The van der Waals surface area contributed by atoms with Crippen molar-refractivity contribution in [2.75, 3.05) is 6.54 Å². The lowest BCUT2D eigenvalue weighted by Gasteiger charge is -2.10. The Morgan fingerprint density at radius 1 is 1.10 bits per heavy atom. The highest BCUT2D eigenvalue weighted by Gasteiger charge is 2.16. The molecule has 152 valence electrons.